The highest BCUT2D eigenvalue weighted by Crippen LogP contribution is 2.25. The Bertz CT molecular complexity index is 564. The summed E-state index contributed by atoms with van der Waals surface area (Å²) in [5.41, 5.74) is 2.18. The molecule has 0 fully saturated rings. The van der Waals surface area contributed by atoms with Gasteiger partial charge in [-0.2, -0.15) is 0 Å². The number of halogens is 2. The third kappa shape index (κ3) is 3.24. The van der Waals surface area contributed by atoms with E-state index in [1.54, 1.807) is 0 Å². The summed E-state index contributed by atoms with van der Waals surface area (Å²) in [4.78, 5) is 0. The van der Waals surface area contributed by atoms with E-state index in [0.717, 1.165) is 25.8 Å². The van der Waals surface area contributed by atoms with Gasteiger partial charge in [0.05, 0.1) is 0 Å². The first-order chi connectivity index (χ1) is 8.70. The highest BCUT2D eigenvalue weighted by Gasteiger charge is 2.02. The fourth-order valence-electron chi connectivity index (χ4n) is 1.54. The molecule has 0 N–H and O–H groups in total. The van der Waals surface area contributed by atoms with Crippen LogP contribution in [-0.4, -0.2) is 0 Å². The number of hydrogen-bond acceptors (Lipinski definition) is 1. The third-order valence-corrected chi connectivity index (χ3v) is 4.00. The van der Waals surface area contributed by atoms with Gasteiger partial charge in [0, 0.05) is 14.5 Å². The van der Waals surface area contributed by atoms with E-state index in [1.165, 1.54) is 0 Å². The van der Waals surface area contributed by atoms with Gasteiger partial charge in [-0.05, 0) is 23.8 Å². The average Bonchev–Trinajstić information content (AvgIpc) is 2.38. The van der Waals surface area contributed by atoms with Gasteiger partial charge in [-0.25, -0.2) is 0 Å². The molecule has 2 aromatic rings. The van der Waals surface area contributed by atoms with Crippen molar-refractivity contribution in [2.45, 2.75) is 6.61 Å². The summed E-state index contributed by atoms with van der Waals surface area (Å²) in [6, 6.07) is 13.9. The van der Waals surface area contributed by atoms with Crippen LogP contribution in [0.1, 0.15) is 11.1 Å². The lowest BCUT2D eigenvalue weighted by atomic mass is 10.2. The Morgan fingerprint density at radius 3 is 2.50 bits per heavy atom. The van der Waals surface area contributed by atoms with Crippen LogP contribution in [0.25, 0.3) is 6.08 Å². The molecule has 0 aromatic heterocycles. The maximum Gasteiger partial charge on any atom is 0.120 e. The van der Waals surface area contributed by atoms with E-state index < -0.39 is 0 Å². The summed E-state index contributed by atoms with van der Waals surface area (Å²) >= 11 is 6.99. The van der Waals surface area contributed by atoms with Gasteiger partial charge in [0.15, 0.2) is 0 Å². The SMILES string of the molecule is C=Cc1ccc(OCc2ccccc2Br)cc1Br. The van der Waals surface area contributed by atoms with Crippen molar-refractivity contribution in [3.05, 3.63) is 69.1 Å². The third-order valence-electron chi connectivity index (χ3n) is 2.54. The molecule has 3 heteroatoms. The second-order valence-electron chi connectivity index (χ2n) is 3.77. The molecule has 0 saturated heterocycles. The van der Waals surface area contributed by atoms with Crippen molar-refractivity contribution in [2.75, 3.05) is 0 Å². The van der Waals surface area contributed by atoms with Gasteiger partial charge < -0.3 is 4.74 Å². The molecule has 92 valence electrons. The lowest BCUT2D eigenvalue weighted by Gasteiger charge is -2.09. The van der Waals surface area contributed by atoms with E-state index in [2.05, 4.69) is 38.4 Å². The topological polar surface area (TPSA) is 9.23 Å². The van der Waals surface area contributed by atoms with Gasteiger partial charge in [0.1, 0.15) is 12.4 Å². The molecule has 0 atom stereocenters. The van der Waals surface area contributed by atoms with E-state index in [9.17, 15) is 0 Å². The number of hydrogen-bond donors (Lipinski definition) is 0. The Morgan fingerprint density at radius 1 is 1.06 bits per heavy atom. The zero-order valence-corrected chi connectivity index (χ0v) is 12.9. The Morgan fingerprint density at radius 2 is 1.83 bits per heavy atom. The van der Waals surface area contributed by atoms with Crippen LogP contribution in [0, 0.1) is 0 Å². The fraction of sp³-hybridized carbons (Fsp3) is 0.0667. The molecule has 0 aliphatic carbocycles. The molecule has 2 aromatic carbocycles. The molecular formula is C15H12Br2O. The molecule has 0 aliphatic heterocycles. The minimum absolute atomic E-state index is 0.543. The molecule has 0 aliphatic rings. The van der Waals surface area contributed by atoms with E-state index in [4.69, 9.17) is 4.74 Å². The predicted molar refractivity (Wildman–Crippen MR) is 82.7 cm³/mol. The number of rotatable bonds is 4. The van der Waals surface area contributed by atoms with Crippen LogP contribution in [0.3, 0.4) is 0 Å². The largest absolute Gasteiger partial charge is 0.489 e. The van der Waals surface area contributed by atoms with Crippen molar-refractivity contribution in [3.63, 3.8) is 0 Å². The summed E-state index contributed by atoms with van der Waals surface area (Å²) in [7, 11) is 0. The molecule has 0 amide bonds. The Kier molecular flexibility index (Phi) is 4.61. The van der Waals surface area contributed by atoms with Crippen LogP contribution < -0.4 is 4.74 Å². The summed E-state index contributed by atoms with van der Waals surface area (Å²) < 4.78 is 7.81. The van der Waals surface area contributed by atoms with Crippen LogP contribution in [0.5, 0.6) is 5.75 Å². The molecule has 0 spiro atoms. The van der Waals surface area contributed by atoms with Gasteiger partial charge in [0.25, 0.3) is 0 Å². The van der Waals surface area contributed by atoms with Crippen molar-refractivity contribution in [1.82, 2.24) is 0 Å². The van der Waals surface area contributed by atoms with Crippen molar-refractivity contribution in [3.8, 4) is 5.75 Å². The van der Waals surface area contributed by atoms with Crippen LogP contribution in [-0.2, 0) is 6.61 Å². The lowest BCUT2D eigenvalue weighted by Crippen LogP contribution is -1.96. The predicted octanol–water partition coefficient (Wildman–Crippen LogP) is 5.43. The minimum atomic E-state index is 0.543. The van der Waals surface area contributed by atoms with Crippen LogP contribution in [0.15, 0.2) is 58.0 Å². The second kappa shape index (κ2) is 6.21. The molecule has 0 radical (unpaired) electrons. The number of ether oxygens (including phenoxy) is 1. The molecule has 1 nitrogen and oxygen atoms in total. The summed E-state index contributed by atoms with van der Waals surface area (Å²) in [6.07, 6.45) is 1.81. The first-order valence-corrected chi connectivity index (χ1v) is 7.07. The second-order valence-corrected chi connectivity index (χ2v) is 5.48. The molecular weight excluding hydrogens is 356 g/mol. The van der Waals surface area contributed by atoms with Crippen LogP contribution in [0.4, 0.5) is 0 Å². The Labute approximate surface area is 124 Å². The molecule has 0 unspecified atom stereocenters. The van der Waals surface area contributed by atoms with Crippen LogP contribution in [0.2, 0.25) is 0 Å². The maximum atomic E-state index is 5.76. The first-order valence-electron chi connectivity index (χ1n) is 5.49. The zero-order chi connectivity index (χ0) is 13.0. The Balaban J connectivity index is 2.09. The normalized spacial score (nSPS) is 10.1. The maximum absolute atomic E-state index is 5.76. The molecule has 18 heavy (non-hydrogen) atoms. The van der Waals surface area contributed by atoms with Gasteiger partial charge in [0.2, 0.25) is 0 Å². The zero-order valence-electron chi connectivity index (χ0n) is 9.70. The standard InChI is InChI=1S/C15H12Br2O/c1-2-11-7-8-13(9-15(11)17)18-10-12-5-3-4-6-14(12)16/h2-9H,1,10H2. The van der Waals surface area contributed by atoms with Crippen LogP contribution >= 0.6 is 31.9 Å². The molecule has 2 rings (SSSR count). The summed E-state index contributed by atoms with van der Waals surface area (Å²) in [5, 5.41) is 0. The first kappa shape index (κ1) is 13.4. The highest BCUT2D eigenvalue weighted by molar-refractivity contribution is 9.10. The minimum Gasteiger partial charge on any atom is -0.489 e. The quantitative estimate of drug-likeness (QED) is 0.699. The summed E-state index contributed by atoms with van der Waals surface area (Å²) in [5.74, 6) is 0.836. The van der Waals surface area contributed by atoms with E-state index in [0.29, 0.717) is 6.61 Å². The van der Waals surface area contributed by atoms with E-state index >= 15 is 0 Å². The van der Waals surface area contributed by atoms with Crippen molar-refractivity contribution >= 4 is 37.9 Å². The lowest BCUT2D eigenvalue weighted by molar-refractivity contribution is 0.305. The van der Waals surface area contributed by atoms with E-state index in [-0.39, 0.29) is 0 Å². The van der Waals surface area contributed by atoms with Gasteiger partial charge in [-0.15, -0.1) is 0 Å². The van der Waals surface area contributed by atoms with Gasteiger partial charge in [-0.1, -0.05) is 68.8 Å². The fourth-order valence-corrected chi connectivity index (χ4v) is 2.46. The van der Waals surface area contributed by atoms with Gasteiger partial charge in [-0.3, -0.25) is 0 Å². The van der Waals surface area contributed by atoms with Crippen molar-refractivity contribution in [2.24, 2.45) is 0 Å². The van der Waals surface area contributed by atoms with Gasteiger partial charge >= 0.3 is 0 Å². The van der Waals surface area contributed by atoms with Crippen molar-refractivity contribution in [1.29, 1.82) is 0 Å². The summed E-state index contributed by atoms with van der Waals surface area (Å²) in [6.45, 7) is 4.29. The molecule has 0 saturated carbocycles. The molecule has 0 bridgehead atoms. The van der Waals surface area contributed by atoms with E-state index in [1.807, 2.05) is 48.5 Å². The van der Waals surface area contributed by atoms with Crippen molar-refractivity contribution < 1.29 is 4.74 Å². The average molecular weight is 368 g/mol. The Hall–Kier alpha value is -1.06. The molecule has 0 heterocycles. The highest BCUT2D eigenvalue weighted by atomic mass is 79.9. The monoisotopic (exact) mass is 366 g/mol. The number of benzene rings is 2. The smallest absolute Gasteiger partial charge is 0.120 e.